The minimum absolute atomic E-state index is 0.322. The smallest absolute Gasteiger partial charge is 0.227 e. The summed E-state index contributed by atoms with van der Waals surface area (Å²) < 4.78 is 1.91. The fourth-order valence-electron chi connectivity index (χ4n) is 4.93. The highest BCUT2D eigenvalue weighted by Gasteiger charge is 2.40. The van der Waals surface area contributed by atoms with Gasteiger partial charge in [0.2, 0.25) is 5.95 Å². The molecule has 1 unspecified atom stereocenters. The second kappa shape index (κ2) is 7.57. The van der Waals surface area contributed by atoms with Crippen LogP contribution in [0.3, 0.4) is 0 Å². The molecule has 3 aromatic heterocycles. The van der Waals surface area contributed by atoms with Crippen molar-refractivity contribution >= 4 is 28.7 Å². The fourth-order valence-corrected chi connectivity index (χ4v) is 4.93. The molecule has 2 bridgehead atoms. The largest absolute Gasteiger partial charge is 0.351 e. The topological polar surface area (TPSA) is 123 Å². The maximum Gasteiger partial charge on any atom is 0.227 e. The zero-order valence-electron chi connectivity index (χ0n) is 17.3. The molecule has 3 N–H and O–H groups in total. The van der Waals surface area contributed by atoms with E-state index in [-0.39, 0.29) is 0 Å². The van der Waals surface area contributed by atoms with Gasteiger partial charge in [-0.1, -0.05) is 0 Å². The SMILES string of the molecule is Cc1cc(Nc2nc(NC3C[C@H]4CC[C@@H](C3)N4CCC#N)nc3ncn(C)c23)n[nH]1. The predicted molar refractivity (Wildman–Crippen MR) is 113 cm³/mol. The fraction of sp³-hybridized carbons (Fsp3) is 0.550. The first-order valence-electron chi connectivity index (χ1n) is 10.5. The highest BCUT2D eigenvalue weighted by molar-refractivity contribution is 5.86. The summed E-state index contributed by atoms with van der Waals surface area (Å²) in [6.45, 7) is 2.84. The maximum atomic E-state index is 8.93. The zero-order chi connectivity index (χ0) is 20.7. The molecule has 0 radical (unpaired) electrons. The van der Waals surface area contributed by atoms with E-state index < -0.39 is 0 Å². The second-order valence-corrected chi connectivity index (χ2v) is 8.33. The minimum atomic E-state index is 0.322. The molecule has 30 heavy (non-hydrogen) atoms. The summed E-state index contributed by atoms with van der Waals surface area (Å²) >= 11 is 0. The molecule has 5 heterocycles. The highest BCUT2D eigenvalue weighted by Crippen LogP contribution is 2.36. The van der Waals surface area contributed by atoms with Crippen molar-refractivity contribution < 1.29 is 0 Å². The van der Waals surface area contributed by atoms with Gasteiger partial charge >= 0.3 is 0 Å². The van der Waals surface area contributed by atoms with Crippen molar-refractivity contribution in [2.45, 2.75) is 57.2 Å². The number of nitrogens with one attached hydrogen (secondary N) is 3. The summed E-state index contributed by atoms with van der Waals surface area (Å²) in [7, 11) is 1.93. The van der Waals surface area contributed by atoms with E-state index in [2.05, 4.69) is 41.8 Å². The van der Waals surface area contributed by atoms with E-state index in [1.54, 1.807) is 6.33 Å². The van der Waals surface area contributed by atoms with E-state index in [9.17, 15) is 0 Å². The summed E-state index contributed by atoms with van der Waals surface area (Å²) in [6, 6.07) is 5.62. The van der Waals surface area contributed by atoms with Gasteiger partial charge < -0.3 is 15.2 Å². The standard InChI is InChI=1S/C20H26N10/c1-12-8-16(28-27-12)24-19-17-18(22-11-29(17)2)25-20(26-19)23-13-9-14-4-5-15(10-13)30(14)7-3-6-21/h8,11,13-15H,3-5,7,9-10H2,1-2H3,(H3,23,24,25,26,27,28)/t13?,14-,15+. The number of aromatic amines is 1. The van der Waals surface area contributed by atoms with Crippen LogP contribution in [0.25, 0.3) is 11.2 Å². The van der Waals surface area contributed by atoms with Crippen molar-refractivity contribution in [3.63, 3.8) is 0 Å². The molecule has 2 aliphatic rings. The first-order valence-corrected chi connectivity index (χ1v) is 10.5. The Kier molecular flexibility index (Phi) is 4.75. The van der Waals surface area contributed by atoms with Gasteiger partial charge in [0, 0.05) is 49.9 Å². The lowest BCUT2D eigenvalue weighted by Gasteiger charge is -2.38. The van der Waals surface area contributed by atoms with Gasteiger partial charge in [-0.25, -0.2) is 4.98 Å². The molecule has 10 nitrogen and oxygen atoms in total. The van der Waals surface area contributed by atoms with Gasteiger partial charge in [0.15, 0.2) is 17.3 Å². The number of nitrogens with zero attached hydrogens (tertiary/aromatic N) is 7. The van der Waals surface area contributed by atoms with Crippen molar-refractivity contribution in [3.8, 4) is 6.07 Å². The van der Waals surface area contributed by atoms with E-state index in [0.29, 0.717) is 47.8 Å². The van der Waals surface area contributed by atoms with Crippen LogP contribution in [0.2, 0.25) is 0 Å². The number of hydrogen-bond donors (Lipinski definition) is 3. The summed E-state index contributed by atoms with van der Waals surface area (Å²) in [6.07, 6.45) is 6.86. The van der Waals surface area contributed by atoms with Crippen molar-refractivity contribution in [2.75, 3.05) is 17.2 Å². The molecule has 156 valence electrons. The zero-order valence-corrected chi connectivity index (χ0v) is 17.3. The molecule has 2 fully saturated rings. The number of aryl methyl sites for hydroxylation is 2. The van der Waals surface area contributed by atoms with Gasteiger partial charge in [-0.15, -0.1) is 0 Å². The average Bonchev–Trinajstić information content (AvgIpc) is 3.36. The van der Waals surface area contributed by atoms with Gasteiger partial charge in [0.05, 0.1) is 12.4 Å². The molecule has 3 atom stereocenters. The van der Waals surface area contributed by atoms with Crippen LogP contribution in [0.4, 0.5) is 17.6 Å². The summed E-state index contributed by atoms with van der Waals surface area (Å²) in [4.78, 5) is 16.4. The Bertz CT molecular complexity index is 1080. The number of imidazole rings is 1. The molecular formula is C20H26N10. The van der Waals surface area contributed by atoms with Crippen LogP contribution in [0.15, 0.2) is 12.4 Å². The van der Waals surface area contributed by atoms with E-state index in [1.807, 2.05) is 24.6 Å². The lowest BCUT2D eigenvalue weighted by atomic mass is 9.97. The molecule has 10 heteroatoms. The first kappa shape index (κ1) is 18.8. The normalized spacial score (nSPS) is 23.6. The van der Waals surface area contributed by atoms with Crippen LogP contribution >= 0.6 is 0 Å². The summed E-state index contributed by atoms with van der Waals surface area (Å²) in [5, 5.41) is 23.0. The third-order valence-electron chi connectivity index (χ3n) is 6.22. The Balaban J connectivity index is 1.37. The molecule has 0 amide bonds. The number of aromatic nitrogens is 6. The molecule has 5 rings (SSSR count). The Hall–Kier alpha value is -3.19. The Morgan fingerprint density at radius 3 is 2.77 bits per heavy atom. The van der Waals surface area contributed by atoms with Crippen molar-refractivity contribution in [1.29, 1.82) is 5.26 Å². The van der Waals surface area contributed by atoms with E-state index in [0.717, 1.165) is 30.6 Å². The van der Waals surface area contributed by atoms with Crippen LogP contribution in [-0.4, -0.2) is 59.3 Å². The minimum Gasteiger partial charge on any atom is -0.351 e. The third-order valence-corrected chi connectivity index (χ3v) is 6.22. The molecule has 2 saturated heterocycles. The van der Waals surface area contributed by atoms with E-state index in [1.165, 1.54) is 12.8 Å². The van der Waals surface area contributed by atoms with Gasteiger partial charge in [-0.2, -0.15) is 20.3 Å². The van der Waals surface area contributed by atoms with E-state index >= 15 is 0 Å². The van der Waals surface area contributed by atoms with Crippen LogP contribution in [0.5, 0.6) is 0 Å². The second-order valence-electron chi connectivity index (χ2n) is 8.33. The lowest BCUT2D eigenvalue weighted by molar-refractivity contribution is 0.135. The van der Waals surface area contributed by atoms with Gasteiger partial charge in [0.1, 0.15) is 5.52 Å². The van der Waals surface area contributed by atoms with Crippen LogP contribution < -0.4 is 10.6 Å². The highest BCUT2D eigenvalue weighted by atomic mass is 15.3. The Morgan fingerprint density at radius 1 is 1.27 bits per heavy atom. The van der Waals surface area contributed by atoms with Crippen LogP contribution in [0, 0.1) is 18.3 Å². The van der Waals surface area contributed by atoms with Crippen molar-refractivity contribution in [2.24, 2.45) is 7.05 Å². The number of nitriles is 1. The van der Waals surface area contributed by atoms with E-state index in [4.69, 9.17) is 10.2 Å². The van der Waals surface area contributed by atoms with Gasteiger partial charge in [-0.3, -0.25) is 10.00 Å². The van der Waals surface area contributed by atoms with Crippen LogP contribution in [0.1, 0.15) is 37.8 Å². The number of hydrogen-bond acceptors (Lipinski definition) is 8. The summed E-state index contributed by atoms with van der Waals surface area (Å²) in [5.41, 5.74) is 2.47. The van der Waals surface area contributed by atoms with Crippen molar-refractivity contribution in [3.05, 3.63) is 18.1 Å². The molecule has 2 aliphatic heterocycles. The monoisotopic (exact) mass is 406 g/mol. The molecule has 0 aromatic carbocycles. The number of piperidine rings is 1. The maximum absolute atomic E-state index is 8.93. The summed E-state index contributed by atoms with van der Waals surface area (Å²) in [5.74, 6) is 1.98. The Labute approximate surface area is 174 Å². The molecule has 0 spiro atoms. The third kappa shape index (κ3) is 3.45. The molecule has 0 saturated carbocycles. The first-order chi connectivity index (χ1) is 14.6. The number of fused-ring (bicyclic) bond motifs is 3. The quantitative estimate of drug-likeness (QED) is 0.570. The molecule has 0 aliphatic carbocycles. The average molecular weight is 406 g/mol. The number of anilines is 3. The lowest BCUT2D eigenvalue weighted by Crippen LogP contribution is -2.47. The van der Waals surface area contributed by atoms with Crippen molar-refractivity contribution in [1.82, 2.24) is 34.6 Å². The van der Waals surface area contributed by atoms with Gasteiger partial charge in [0.25, 0.3) is 0 Å². The van der Waals surface area contributed by atoms with Gasteiger partial charge in [-0.05, 0) is 32.6 Å². The Morgan fingerprint density at radius 2 is 2.07 bits per heavy atom. The predicted octanol–water partition coefficient (Wildman–Crippen LogP) is 2.46. The molecule has 3 aromatic rings. The number of H-pyrrole nitrogens is 1. The van der Waals surface area contributed by atoms with Crippen LogP contribution in [-0.2, 0) is 7.05 Å². The number of rotatable bonds is 6. The molecular weight excluding hydrogens is 380 g/mol.